The summed E-state index contributed by atoms with van der Waals surface area (Å²) in [5.41, 5.74) is 3.59. The first-order chi connectivity index (χ1) is 13.5. The fraction of sp³-hybridized carbons (Fsp3) is 0.190. The topological polar surface area (TPSA) is 66.3 Å². The highest BCUT2D eigenvalue weighted by Crippen LogP contribution is 2.37. The molecule has 0 radical (unpaired) electrons. The van der Waals surface area contributed by atoms with Crippen LogP contribution in [0.4, 0.5) is 5.82 Å². The SMILES string of the molecule is O=C(O)/C=C1\CCCN(c2ncnc3cccc(-c4ccc(Cl)c(Cl)c4)c23)C1. The molecule has 28 heavy (non-hydrogen) atoms. The van der Waals surface area contributed by atoms with Gasteiger partial charge < -0.3 is 10.0 Å². The Balaban J connectivity index is 1.86. The van der Waals surface area contributed by atoms with Crippen LogP contribution in [0.3, 0.4) is 0 Å². The van der Waals surface area contributed by atoms with Gasteiger partial charge in [0, 0.05) is 19.2 Å². The number of aliphatic carboxylic acids is 1. The highest BCUT2D eigenvalue weighted by atomic mass is 35.5. The van der Waals surface area contributed by atoms with E-state index in [-0.39, 0.29) is 0 Å². The lowest BCUT2D eigenvalue weighted by Crippen LogP contribution is -2.32. The maximum Gasteiger partial charge on any atom is 0.328 e. The normalized spacial score (nSPS) is 15.9. The number of anilines is 1. The second kappa shape index (κ2) is 7.78. The number of nitrogens with zero attached hydrogens (tertiary/aromatic N) is 3. The first-order valence-electron chi connectivity index (χ1n) is 8.89. The molecule has 5 nitrogen and oxygen atoms in total. The lowest BCUT2D eigenvalue weighted by molar-refractivity contribution is -0.131. The molecule has 1 N–H and O–H groups in total. The van der Waals surface area contributed by atoms with Crippen molar-refractivity contribution in [1.82, 2.24) is 9.97 Å². The van der Waals surface area contributed by atoms with Crippen LogP contribution < -0.4 is 4.90 Å². The molecule has 7 heteroatoms. The summed E-state index contributed by atoms with van der Waals surface area (Å²) in [6.07, 6.45) is 4.51. The van der Waals surface area contributed by atoms with Crippen molar-refractivity contribution in [3.05, 3.63) is 64.4 Å². The predicted molar refractivity (Wildman–Crippen MR) is 112 cm³/mol. The molecule has 0 spiro atoms. The molecule has 0 atom stereocenters. The van der Waals surface area contributed by atoms with Gasteiger partial charge >= 0.3 is 5.97 Å². The van der Waals surface area contributed by atoms with Gasteiger partial charge in [-0.05, 0) is 47.7 Å². The molecular weight excluding hydrogens is 397 g/mol. The van der Waals surface area contributed by atoms with Crippen molar-refractivity contribution in [1.29, 1.82) is 0 Å². The van der Waals surface area contributed by atoms with E-state index in [1.54, 1.807) is 12.4 Å². The lowest BCUT2D eigenvalue weighted by Gasteiger charge is -2.30. The van der Waals surface area contributed by atoms with E-state index >= 15 is 0 Å². The largest absolute Gasteiger partial charge is 0.478 e. The number of halogens is 2. The summed E-state index contributed by atoms with van der Waals surface area (Å²) in [7, 11) is 0. The minimum absolute atomic E-state index is 0.485. The number of carboxylic acid groups (broad SMARTS) is 1. The molecule has 1 fully saturated rings. The average molecular weight is 414 g/mol. The van der Waals surface area contributed by atoms with Gasteiger partial charge in [-0.25, -0.2) is 14.8 Å². The number of benzene rings is 2. The molecule has 1 aromatic heterocycles. The van der Waals surface area contributed by atoms with Crippen LogP contribution in [0.5, 0.6) is 0 Å². The molecule has 2 aromatic carbocycles. The molecule has 0 aliphatic carbocycles. The van der Waals surface area contributed by atoms with E-state index in [1.165, 1.54) is 6.08 Å². The van der Waals surface area contributed by atoms with E-state index in [2.05, 4.69) is 14.9 Å². The van der Waals surface area contributed by atoms with Crippen LogP contribution in [-0.4, -0.2) is 34.1 Å². The Bertz CT molecular complexity index is 1090. The predicted octanol–water partition coefficient (Wildman–Crippen LogP) is 5.21. The van der Waals surface area contributed by atoms with Gasteiger partial charge in [0.2, 0.25) is 0 Å². The molecular formula is C21H17Cl2N3O2. The number of fused-ring (bicyclic) bond motifs is 1. The summed E-state index contributed by atoms with van der Waals surface area (Å²) >= 11 is 12.3. The van der Waals surface area contributed by atoms with Crippen LogP contribution >= 0.6 is 23.2 Å². The number of carbonyl (C=O) groups is 1. The highest BCUT2D eigenvalue weighted by Gasteiger charge is 2.21. The van der Waals surface area contributed by atoms with Crippen molar-refractivity contribution in [2.75, 3.05) is 18.0 Å². The summed E-state index contributed by atoms with van der Waals surface area (Å²) in [6.45, 7) is 1.34. The van der Waals surface area contributed by atoms with E-state index in [0.29, 0.717) is 16.6 Å². The van der Waals surface area contributed by atoms with Crippen molar-refractivity contribution in [2.45, 2.75) is 12.8 Å². The van der Waals surface area contributed by atoms with Crippen LogP contribution in [0, 0.1) is 0 Å². The van der Waals surface area contributed by atoms with Crippen LogP contribution in [0.15, 0.2) is 54.4 Å². The quantitative estimate of drug-likeness (QED) is 0.596. The Morgan fingerprint density at radius 2 is 2.00 bits per heavy atom. The summed E-state index contributed by atoms with van der Waals surface area (Å²) in [6, 6.07) is 11.4. The van der Waals surface area contributed by atoms with E-state index in [9.17, 15) is 4.79 Å². The maximum absolute atomic E-state index is 11.1. The molecule has 1 aliphatic rings. The zero-order valence-electron chi connectivity index (χ0n) is 14.9. The van der Waals surface area contributed by atoms with Crippen molar-refractivity contribution >= 4 is 45.9 Å². The van der Waals surface area contributed by atoms with Gasteiger partial charge in [-0.15, -0.1) is 0 Å². The third-order valence-corrected chi connectivity index (χ3v) is 5.56. The molecule has 0 bridgehead atoms. The van der Waals surface area contributed by atoms with Gasteiger partial charge in [0.25, 0.3) is 0 Å². The van der Waals surface area contributed by atoms with Crippen LogP contribution in [0.25, 0.3) is 22.0 Å². The smallest absolute Gasteiger partial charge is 0.328 e. The number of piperidine rings is 1. The van der Waals surface area contributed by atoms with Crippen molar-refractivity contribution < 1.29 is 9.90 Å². The van der Waals surface area contributed by atoms with Gasteiger partial charge in [-0.1, -0.05) is 41.4 Å². The minimum Gasteiger partial charge on any atom is -0.478 e. The van der Waals surface area contributed by atoms with E-state index in [0.717, 1.165) is 52.8 Å². The zero-order chi connectivity index (χ0) is 19.7. The van der Waals surface area contributed by atoms with Crippen molar-refractivity contribution in [3.8, 4) is 11.1 Å². The fourth-order valence-corrected chi connectivity index (χ4v) is 3.91. The lowest BCUT2D eigenvalue weighted by atomic mass is 9.99. The summed E-state index contributed by atoms with van der Waals surface area (Å²) in [5.74, 6) is -0.122. The third-order valence-electron chi connectivity index (χ3n) is 4.82. The molecule has 0 amide bonds. The fourth-order valence-electron chi connectivity index (χ4n) is 3.61. The second-order valence-corrected chi connectivity index (χ2v) is 7.51. The third kappa shape index (κ3) is 3.68. The van der Waals surface area contributed by atoms with Gasteiger partial charge in [0.1, 0.15) is 12.1 Å². The maximum atomic E-state index is 11.1. The average Bonchev–Trinajstić information content (AvgIpc) is 2.69. The summed E-state index contributed by atoms with van der Waals surface area (Å²) in [5, 5.41) is 11.0. The van der Waals surface area contributed by atoms with Crippen molar-refractivity contribution in [3.63, 3.8) is 0 Å². The molecule has 3 aromatic rings. The molecule has 2 heterocycles. The van der Waals surface area contributed by atoms with Gasteiger partial charge in [-0.3, -0.25) is 0 Å². The van der Waals surface area contributed by atoms with E-state index < -0.39 is 5.97 Å². The number of hydrogen-bond donors (Lipinski definition) is 1. The Hall–Kier alpha value is -2.63. The van der Waals surface area contributed by atoms with Crippen LogP contribution in [0.1, 0.15) is 12.8 Å². The molecule has 0 unspecified atom stereocenters. The number of aromatic nitrogens is 2. The molecule has 142 valence electrons. The molecule has 4 rings (SSSR count). The van der Waals surface area contributed by atoms with Gasteiger partial charge in [0.05, 0.1) is 20.9 Å². The summed E-state index contributed by atoms with van der Waals surface area (Å²) < 4.78 is 0. The Labute approximate surface area is 172 Å². The Morgan fingerprint density at radius 3 is 2.79 bits per heavy atom. The standard InChI is InChI=1S/C21H17Cl2N3O2/c22-16-7-6-14(10-17(16)23)15-4-1-5-18-20(15)21(25-12-24-18)26-8-2-3-13(11-26)9-19(27)28/h1,4-7,9-10,12H,2-3,8,11H2,(H,27,28)/b13-9+. The van der Waals surface area contributed by atoms with Crippen LogP contribution in [-0.2, 0) is 4.79 Å². The second-order valence-electron chi connectivity index (χ2n) is 6.69. The first-order valence-corrected chi connectivity index (χ1v) is 9.65. The van der Waals surface area contributed by atoms with Gasteiger partial charge in [-0.2, -0.15) is 0 Å². The van der Waals surface area contributed by atoms with Crippen molar-refractivity contribution in [2.24, 2.45) is 0 Å². The van der Waals surface area contributed by atoms with E-state index in [1.807, 2.05) is 30.3 Å². The van der Waals surface area contributed by atoms with Crippen LogP contribution in [0.2, 0.25) is 10.0 Å². The Kier molecular flexibility index (Phi) is 5.20. The number of hydrogen-bond acceptors (Lipinski definition) is 4. The van der Waals surface area contributed by atoms with Gasteiger partial charge in [0.15, 0.2) is 0 Å². The molecule has 1 aliphatic heterocycles. The zero-order valence-corrected chi connectivity index (χ0v) is 16.4. The number of rotatable bonds is 3. The minimum atomic E-state index is -0.916. The summed E-state index contributed by atoms with van der Waals surface area (Å²) in [4.78, 5) is 22.2. The Morgan fingerprint density at radius 1 is 1.14 bits per heavy atom. The van der Waals surface area contributed by atoms with E-state index in [4.69, 9.17) is 28.3 Å². The first kappa shape index (κ1) is 18.7. The molecule has 0 saturated carbocycles. The number of carboxylic acids is 1. The highest BCUT2D eigenvalue weighted by molar-refractivity contribution is 6.42. The monoisotopic (exact) mass is 413 g/mol. The molecule has 1 saturated heterocycles.